The molecule has 414 valence electrons. The van der Waals surface area contributed by atoms with E-state index in [2.05, 4.69) is 43.5 Å². The van der Waals surface area contributed by atoms with Crippen molar-refractivity contribution >= 4 is 13.7 Å². The lowest BCUT2D eigenvalue weighted by atomic mass is 10.0. The van der Waals surface area contributed by atoms with E-state index in [-0.39, 0.29) is 19.1 Å². The zero-order valence-corrected chi connectivity index (χ0v) is 48.2. The van der Waals surface area contributed by atoms with Gasteiger partial charge in [-0.3, -0.25) is 13.8 Å². The number of allylic oxidation sites excluding steroid dienone is 5. The second kappa shape index (κ2) is 52.6. The molecule has 0 saturated heterocycles. The average Bonchev–Trinajstić information content (AvgIpc) is 3.32. The number of nitrogens with one attached hydrogen (secondary N) is 1. The second-order valence-corrected chi connectivity index (χ2v) is 23.5. The number of likely N-dealkylation sites (N-methyl/N-ethyl adjacent to an activating group) is 1. The van der Waals surface area contributed by atoms with Gasteiger partial charge in [-0.25, -0.2) is 4.57 Å². The van der Waals surface area contributed by atoms with Crippen molar-refractivity contribution in [1.82, 2.24) is 5.32 Å². The molecule has 0 spiro atoms. The molecule has 0 aromatic carbocycles. The summed E-state index contributed by atoms with van der Waals surface area (Å²) < 4.78 is 23.7. The zero-order valence-electron chi connectivity index (χ0n) is 47.3. The molecule has 0 aliphatic rings. The molecule has 0 aliphatic carbocycles. The lowest BCUT2D eigenvalue weighted by Crippen LogP contribution is -2.45. The number of quaternary nitrogens is 1. The van der Waals surface area contributed by atoms with Crippen LogP contribution in [-0.2, 0) is 18.4 Å². The van der Waals surface area contributed by atoms with E-state index in [1.807, 2.05) is 27.2 Å². The molecular weight excluding hydrogens is 888 g/mol. The van der Waals surface area contributed by atoms with Gasteiger partial charge in [0.25, 0.3) is 0 Å². The normalized spacial score (nSPS) is 14.1. The predicted molar refractivity (Wildman–Crippen MR) is 304 cm³/mol. The topological polar surface area (TPSA) is 105 Å². The number of aliphatic hydroxyl groups excluding tert-OH is 1. The monoisotopic (exact) mass is 1010 g/mol. The Kier molecular flexibility index (Phi) is 51.6. The number of aliphatic hydroxyl groups is 1. The predicted octanol–water partition coefficient (Wildman–Crippen LogP) is 18.5. The summed E-state index contributed by atoms with van der Waals surface area (Å²) in [4.78, 5) is 23.3. The molecule has 9 heteroatoms. The third kappa shape index (κ3) is 54.5. The van der Waals surface area contributed by atoms with Crippen LogP contribution in [0.5, 0.6) is 0 Å². The fourth-order valence-electron chi connectivity index (χ4n) is 9.08. The number of rotatable bonds is 56. The molecular formula is C61H120N2O6P+. The maximum absolute atomic E-state index is 13.0. The van der Waals surface area contributed by atoms with Crippen LogP contribution in [0.4, 0.5) is 0 Å². The Morgan fingerprint density at radius 1 is 0.471 bits per heavy atom. The first kappa shape index (κ1) is 68.7. The van der Waals surface area contributed by atoms with E-state index in [9.17, 15) is 19.4 Å². The van der Waals surface area contributed by atoms with Crippen LogP contribution in [0.1, 0.15) is 296 Å². The van der Waals surface area contributed by atoms with Crippen LogP contribution in [0.2, 0.25) is 0 Å². The van der Waals surface area contributed by atoms with Gasteiger partial charge in [0.05, 0.1) is 39.9 Å². The molecule has 0 aromatic heterocycles. The molecule has 0 radical (unpaired) electrons. The molecule has 3 unspecified atom stereocenters. The molecule has 0 heterocycles. The summed E-state index contributed by atoms with van der Waals surface area (Å²) >= 11 is 0. The maximum atomic E-state index is 13.0. The summed E-state index contributed by atoms with van der Waals surface area (Å²) in [6.45, 7) is 4.83. The molecule has 3 atom stereocenters. The van der Waals surface area contributed by atoms with Crippen molar-refractivity contribution in [2.45, 2.75) is 309 Å². The second-order valence-electron chi connectivity index (χ2n) is 22.1. The Balaban J connectivity index is 4.18. The first-order chi connectivity index (χ1) is 34.0. The summed E-state index contributed by atoms with van der Waals surface area (Å²) in [6.07, 6.45) is 68.4. The molecule has 70 heavy (non-hydrogen) atoms. The zero-order chi connectivity index (χ0) is 51.3. The fraction of sp³-hybridized carbons (Fsp3) is 0.885. The summed E-state index contributed by atoms with van der Waals surface area (Å²) in [7, 11) is 1.56. The van der Waals surface area contributed by atoms with Crippen LogP contribution in [0, 0.1) is 0 Å². The van der Waals surface area contributed by atoms with Gasteiger partial charge in [0.15, 0.2) is 0 Å². The highest BCUT2D eigenvalue weighted by atomic mass is 31.2. The Bertz CT molecular complexity index is 1230. The van der Waals surface area contributed by atoms with E-state index >= 15 is 0 Å². The van der Waals surface area contributed by atoms with Crippen LogP contribution in [-0.4, -0.2) is 73.4 Å². The molecule has 0 rings (SSSR count). The van der Waals surface area contributed by atoms with Gasteiger partial charge < -0.3 is 19.8 Å². The van der Waals surface area contributed by atoms with Crippen LogP contribution < -0.4 is 5.32 Å². The van der Waals surface area contributed by atoms with Crippen molar-refractivity contribution in [3.63, 3.8) is 0 Å². The van der Waals surface area contributed by atoms with Crippen LogP contribution in [0.15, 0.2) is 36.5 Å². The standard InChI is InChI=1S/C61H119N2O6P/c1-6-8-10-12-14-16-18-20-22-24-25-26-27-28-29-30-31-32-33-34-35-36-37-39-40-42-44-46-48-50-52-54-60(64)59(58-69-70(66,67)68-57-56-63(3,4)5)62-61(65)55-53-51-49-47-45-43-41-38-23-21-19-17-15-13-11-9-7-2/h37,39,44,46,52,54,59-60,64H,6-36,38,40-43,45,47-51,53,55-58H2,1-5H3,(H-,62,65,66,67)/p+1/b39-37+,46-44+,54-52+. The third-order valence-electron chi connectivity index (χ3n) is 13.8. The van der Waals surface area contributed by atoms with Crippen LogP contribution >= 0.6 is 7.82 Å². The Labute approximate surface area is 436 Å². The summed E-state index contributed by atoms with van der Waals surface area (Å²) in [5.41, 5.74) is 0. The SMILES string of the molecule is CCCCCCCCCCCCCCCCCCCCCCC/C=C/CC/C=C/CC/C=C/C(O)C(COP(=O)(O)OCC[N+](C)(C)C)NC(=O)CCCCCCCCCCCCCCCCCCC. The van der Waals surface area contributed by atoms with Gasteiger partial charge >= 0.3 is 7.82 Å². The van der Waals surface area contributed by atoms with E-state index in [0.717, 1.165) is 44.9 Å². The van der Waals surface area contributed by atoms with Gasteiger partial charge in [-0.15, -0.1) is 0 Å². The van der Waals surface area contributed by atoms with Gasteiger partial charge in [0, 0.05) is 6.42 Å². The first-order valence-corrected chi connectivity index (χ1v) is 31.9. The number of amides is 1. The summed E-state index contributed by atoms with van der Waals surface area (Å²) in [5, 5.41) is 13.9. The summed E-state index contributed by atoms with van der Waals surface area (Å²) in [6, 6.07) is -0.868. The maximum Gasteiger partial charge on any atom is 0.472 e. The highest BCUT2D eigenvalue weighted by Crippen LogP contribution is 2.43. The number of carbonyl (C=O) groups excluding carboxylic acids is 1. The molecule has 1 amide bonds. The largest absolute Gasteiger partial charge is 0.472 e. The minimum absolute atomic E-state index is 0.0551. The van der Waals surface area contributed by atoms with E-state index in [1.165, 1.54) is 231 Å². The van der Waals surface area contributed by atoms with Crippen molar-refractivity contribution in [2.75, 3.05) is 40.9 Å². The van der Waals surface area contributed by atoms with E-state index < -0.39 is 20.0 Å². The number of hydrogen-bond donors (Lipinski definition) is 3. The molecule has 0 saturated carbocycles. The first-order valence-electron chi connectivity index (χ1n) is 30.4. The highest BCUT2D eigenvalue weighted by molar-refractivity contribution is 7.47. The Hall–Kier alpha value is -1.28. The van der Waals surface area contributed by atoms with Gasteiger partial charge in [-0.1, -0.05) is 281 Å². The average molecular weight is 1010 g/mol. The molecule has 3 N–H and O–H groups in total. The van der Waals surface area contributed by atoms with Crippen LogP contribution in [0.25, 0.3) is 0 Å². The van der Waals surface area contributed by atoms with Crippen molar-refractivity contribution in [2.24, 2.45) is 0 Å². The van der Waals surface area contributed by atoms with Crippen molar-refractivity contribution in [3.05, 3.63) is 36.5 Å². The minimum atomic E-state index is -4.36. The summed E-state index contributed by atoms with van der Waals surface area (Å²) in [5.74, 6) is -0.186. The number of hydrogen-bond acceptors (Lipinski definition) is 5. The molecule has 0 fully saturated rings. The van der Waals surface area contributed by atoms with Crippen molar-refractivity contribution < 1.29 is 32.9 Å². The Morgan fingerprint density at radius 2 is 0.786 bits per heavy atom. The molecule has 0 aliphatic heterocycles. The minimum Gasteiger partial charge on any atom is -0.387 e. The number of phosphoric acid groups is 1. The molecule has 0 bridgehead atoms. The van der Waals surface area contributed by atoms with E-state index in [0.29, 0.717) is 17.4 Å². The Morgan fingerprint density at radius 3 is 1.14 bits per heavy atom. The van der Waals surface area contributed by atoms with Crippen molar-refractivity contribution in [3.8, 4) is 0 Å². The van der Waals surface area contributed by atoms with Gasteiger partial charge in [-0.2, -0.15) is 0 Å². The van der Waals surface area contributed by atoms with Gasteiger partial charge in [0.2, 0.25) is 5.91 Å². The fourth-order valence-corrected chi connectivity index (χ4v) is 9.81. The van der Waals surface area contributed by atoms with Gasteiger partial charge in [-0.05, 0) is 44.9 Å². The van der Waals surface area contributed by atoms with Gasteiger partial charge in [0.1, 0.15) is 13.2 Å². The lowest BCUT2D eigenvalue weighted by molar-refractivity contribution is -0.870. The third-order valence-corrected chi connectivity index (χ3v) is 14.8. The van der Waals surface area contributed by atoms with E-state index in [1.54, 1.807) is 6.08 Å². The smallest absolute Gasteiger partial charge is 0.387 e. The quantitative estimate of drug-likeness (QED) is 0.0243. The number of nitrogens with zero attached hydrogens (tertiary/aromatic N) is 1. The van der Waals surface area contributed by atoms with E-state index in [4.69, 9.17) is 9.05 Å². The number of carbonyl (C=O) groups is 1. The molecule has 8 nitrogen and oxygen atoms in total. The molecule has 0 aromatic rings. The lowest BCUT2D eigenvalue weighted by Gasteiger charge is -2.25. The van der Waals surface area contributed by atoms with Crippen LogP contribution in [0.3, 0.4) is 0 Å². The number of phosphoric ester groups is 1. The number of unbranched alkanes of at least 4 members (excludes halogenated alkanes) is 39. The van der Waals surface area contributed by atoms with Crippen molar-refractivity contribution in [1.29, 1.82) is 0 Å². The highest BCUT2D eigenvalue weighted by Gasteiger charge is 2.27.